The summed E-state index contributed by atoms with van der Waals surface area (Å²) in [5, 5.41) is 8.39. The molecule has 0 aliphatic heterocycles. The molecule has 1 fully saturated rings. The van der Waals surface area contributed by atoms with Gasteiger partial charge in [-0.3, -0.25) is 9.78 Å². The highest BCUT2D eigenvalue weighted by Gasteiger charge is 2.33. The molecule has 1 aliphatic rings. The van der Waals surface area contributed by atoms with Crippen molar-refractivity contribution < 1.29 is 4.79 Å². The minimum atomic E-state index is -0.0958. The summed E-state index contributed by atoms with van der Waals surface area (Å²) in [6, 6.07) is 11.3. The van der Waals surface area contributed by atoms with E-state index >= 15 is 0 Å². The molecule has 0 unspecified atom stereocenters. The number of pyridine rings is 1. The summed E-state index contributed by atoms with van der Waals surface area (Å²) >= 11 is 6.12. The molecule has 132 valence electrons. The monoisotopic (exact) mass is 366 g/mol. The summed E-state index contributed by atoms with van der Waals surface area (Å²) in [5.74, 6) is 0.273. The van der Waals surface area contributed by atoms with E-state index < -0.39 is 0 Å². The molecule has 3 aromatic rings. The Bertz CT molecular complexity index is 948. The third kappa shape index (κ3) is 3.35. The molecular weight excluding hydrogens is 348 g/mol. The normalized spacial score (nSPS) is 13.6. The van der Waals surface area contributed by atoms with Crippen LogP contribution < -0.4 is 5.32 Å². The van der Waals surface area contributed by atoms with Crippen LogP contribution in [-0.4, -0.2) is 20.7 Å². The average molecular weight is 367 g/mol. The second kappa shape index (κ2) is 6.92. The maximum Gasteiger partial charge on any atom is 0.255 e. The van der Waals surface area contributed by atoms with Crippen molar-refractivity contribution in [2.45, 2.75) is 32.2 Å². The first-order valence-electron chi connectivity index (χ1n) is 8.66. The van der Waals surface area contributed by atoms with Crippen molar-refractivity contribution in [3.05, 3.63) is 76.3 Å². The molecule has 1 aromatic carbocycles. The van der Waals surface area contributed by atoms with E-state index in [2.05, 4.69) is 10.3 Å². The fourth-order valence-corrected chi connectivity index (χ4v) is 3.26. The molecule has 5 nitrogen and oxygen atoms in total. The number of aromatic nitrogens is 3. The quantitative estimate of drug-likeness (QED) is 0.741. The molecule has 0 atom stereocenters. The number of hydrogen-bond donors (Lipinski definition) is 1. The number of halogens is 1. The number of hydrogen-bond acceptors (Lipinski definition) is 3. The first kappa shape index (κ1) is 16.8. The largest absolute Gasteiger partial charge is 0.348 e. The Morgan fingerprint density at radius 3 is 2.85 bits per heavy atom. The molecule has 1 N–H and O–H groups in total. The lowest BCUT2D eigenvalue weighted by Gasteiger charge is -2.07. The van der Waals surface area contributed by atoms with Gasteiger partial charge in [-0.1, -0.05) is 23.7 Å². The molecule has 1 aliphatic carbocycles. The number of benzene rings is 1. The van der Waals surface area contributed by atoms with E-state index in [-0.39, 0.29) is 5.91 Å². The molecule has 0 saturated heterocycles. The summed E-state index contributed by atoms with van der Waals surface area (Å²) < 4.78 is 1.82. The predicted molar refractivity (Wildman–Crippen MR) is 101 cm³/mol. The highest BCUT2D eigenvalue weighted by atomic mass is 35.5. The van der Waals surface area contributed by atoms with Crippen LogP contribution in [-0.2, 0) is 6.54 Å². The minimum absolute atomic E-state index is 0.0958. The number of carbonyl (C=O) groups excluding carboxylic acids is 1. The van der Waals surface area contributed by atoms with Crippen molar-refractivity contribution in [3.8, 4) is 5.69 Å². The van der Waals surface area contributed by atoms with E-state index in [0.29, 0.717) is 23.0 Å². The third-order valence-corrected chi connectivity index (χ3v) is 4.80. The zero-order chi connectivity index (χ0) is 18.1. The Balaban J connectivity index is 1.65. The number of nitrogens with zero attached hydrogens (tertiary/aromatic N) is 3. The third-order valence-electron chi connectivity index (χ3n) is 4.56. The number of carbonyl (C=O) groups is 1. The van der Waals surface area contributed by atoms with Crippen LogP contribution in [0.3, 0.4) is 0 Å². The fourth-order valence-electron chi connectivity index (χ4n) is 3.08. The van der Waals surface area contributed by atoms with E-state index in [9.17, 15) is 4.79 Å². The van der Waals surface area contributed by atoms with E-state index in [0.717, 1.165) is 35.5 Å². The smallest absolute Gasteiger partial charge is 0.255 e. The van der Waals surface area contributed by atoms with Gasteiger partial charge in [-0.25, -0.2) is 4.68 Å². The van der Waals surface area contributed by atoms with Gasteiger partial charge in [0.25, 0.3) is 5.91 Å². The lowest BCUT2D eigenvalue weighted by atomic mass is 10.1. The van der Waals surface area contributed by atoms with Crippen molar-refractivity contribution in [1.82, 2.24) is 20.1 Å². The zero-order valence-corrected chi connectivity index (χ0v) is 15.2. The van der Waals surface area contributed by atoms with E-state index in [4.69, 9.17) is 16.7 Å². The number of rotatable bonds is 5. The second-order valence-electron chi connectivity index (χ2n) is 6.56. The first-order valence-corrected chi connectivity index (χ1v) is 9.04. The SMILES string of the molecule is Cc1c(C(=O)NCc2cccnc2)c(C2CC2)nn1-c1cccc(Cl)c1. The lowest BCUT2D eigenvalue weighted by Crippen LogP contribution is -2.24. The van der Waals surface area contributed by atoms with E-state index in [1.165, 1.54) is 0 Å². The Labute approximate surface area is 157 Å². The molecule has 6 heteroatoms. The molecule has 4 rings (SSSR count). The summed E-state index contributed by atoms with van der Waals surface area (Å²) in [6.07, 6.45) is 5.63. The van der Waals surface area contributed by atoms with Crippen molar-refractivity contribution >= 4 is 17.5 Å². The van der Waals surface area contributed by atoms with Gasteiger partial charge in [0, 0.05) is 29.9 Å². The van der Waals surface area contributed by atoms with Crippen LogP contribution in [0.4, 0.5) is 0 Å². The van der Waals surface area contributed by atoms with Gasteiger partial charge in [-0.05, 0) is 49.6 Å². The van der Waals surface area contributed by atoms with Gasteiger partial charge in [0.1, 0.15) is 0 Å². The van der Waals surface area contributed by atoms with Gasteiger partial charge < -0.3 is 5.32 Å². The van der Waals surface area contributed by atoms with Crippen LogP contribution in [0.2, 0.25) is 5.02 Å². The first-order chi connectivity index (χ1) is 12.6. The van der Waals surface area contributed by atoms with Crippen molar-refractivity contribution in [3.63, 3.8) is 0 Å². The Kier molecular flexibility index (Phi) is 4.47. The van der Waals surface area contributed by atoms with Crippen LogP contribution in [0.15, 0.2) is 48.8 Å². The predicted octanol–water partition coefficient (Wildman–Crippen LogP) is 4.04. The van der Waals surface area contributed by atoms with Gasteiger partial charge >= 0.3 is 0 Å². The molecule has 0 spiro atoms. The van der Waals surface area contributed by atoms with Gasteiger partial charge in [-0.2, -0.15) is 5.10 Å². The topological polar surface area (TPSA) is 59.8 Å². The molecule has 26 heavy (non-hydrogen) atoms. The van der Waals surface area contributed by atoms with Crippen molar-refractivity contribution in [2.75, 3.05) is 0 Å². The van der Waals surface area contributed by atoms with Crippen LogP contribution in [0.5, 0.6) is 0 Å². The Morgan fingerprint density at radius 1 is 1.31 bits per heavy atom. The minimum Gasteiger partial charge on any atom is -0.348 e. The van der Waals surface area contributed by atoms with E-state index in [1.807, 2.05) is 48.0 Å². The molecular formula is C20H19ClN4O. The molecule has 1 amide bonds. The van der Waals surface area contributed by atoms with Crippen molar-refractivity contribution in [2.24, 2.45) is 0 Å². The number of amides is 1. The maximum absolute atomic E-state index is 12.9. The van der Waals surface area contributed by atoms with Gasteiger partial charge in [0.2, 0.25) is 0 Å². The molecule has 0 radical (unpaired) electrons. The van der Waals surface area contributed by atoms with Crippen molar-refractivity contribution in [1.29, 1.82) is 0 Å². The highest BCUT2D eigenvalue weighted by Crippen LogP contribution is 2.42. The van der Waals surface area contributed by atoms with Gasteiger partial charge in [0.05, 0.1) is 22.6 Å². The van der Waals surface area contributed by atoms with Crippen LogP contribution >= 0.6 is 11.6 Å². The highest BCUT2D eigenvalue weighted by molar-refractivity contribution is 6.30. The lowest BCUT2D eigenvalue weighted by molar-refractivity contribution is 0.0949. The molecule has 1 saturated carbocycles. The van der Waals surface area contributed by atoms with Crippen LogP contribution in [0, 0.1) is 6.92 Å². The summed E-state index contributed by atoms with van der Waals surface area (Å²) in [5.41, 5.74) is 4.22. The summed E-state index contributed by atoms with van der Waals surface area (Å²) in [6.45, 7) is 2.37. The second-order valence-corrected chi connectivity index (χ2v) is 6.99. The number of nitrogens with one attached hydrogen (secondary N) is 1. The Hall–Kier alpha value is -2.66. The average Bonchev–Trinajstić information content (AvgIpc) is 3.43. The van der Waals surface area contributed by atoms with E-state index in [1.54, 1.807) is 12.4 Å². The van der Waals surface area contributed by atoms with Gasteiger partial charge in [0.15, 0.2) is 0 Å². The van der Waals surface area contributed by atoms with Crippen LogP contribution in [0.25, 0.3) is 5.69 Å². The summed E-state index contributed by atoms with van der Waals surface area (Å²) in [7, 11) is 0. The molecule has 2 aromatic heterocycles. The maximum atomic E-state index is 12.9. The van der Waals surface area contributed by atoms with Gasteiger partial charge in [-0.15, -0.1) is 0 Å². The fraction of sp³-hybridized carbons (Fsp3) is 0.250. The van der Waals surface area contributed by atoms with Crippen LogP contribution in [0.1, 0.15) is 46.1 Å². The summed E-state index contributed by atoms with van der Waals surface area (Å²) in [4.78, 5) is 17.0. The standard InChI is InChI=1S/C20H19ClN4O/c1-13-18(20(26)23-12-14-4-3-9-22-11-14)19(15-7-8-15)24-25(13)17-6-2-5-16(21)10-17/h2-6,9-11,15H,7-8,12H2,1H3,(H,23,26). The molecule has 2 heterocycles. The zero-order valence-electron chi connectivity index (χ0n) is 14.4. The Morgan fingerprint density at radius 2 is 2.15 bits per heavy atom. The molecule has 0 bridgehead atoms.